The lowest BCUT2D eigenvalue weighted by atomic mass is 9.79. The van der Waals surface area contributed by atoms with Gasteiger partial charge >= 0.3 is 5.97 Å². The Balaban J connectivity index is 1.32. The largest absolute Gasteiger partial charge is 0.426 e. The molecule has 3 heteroatoms. The van der Waals surface area contributed by atoms with Crippen LogP contribution in [0.25, 0.3) is 27.2 Å². The number of esters is 1. The normalized spacial score (nSPS) is 14.9. The lowest BCUT2D eigenvalue weighted by Crippen LogP contribution is -2.12. The van der Waals surface area contributed by atoms with Crippen LogP contribution in [-0.2, 0) is 17.6 Å². The van der Waals surface area contributed by atoms with E-state index in [1.54, 1.807) is 5.57 Å². The molecule has 33 heavy (non-hydrogen) atoms. The number of para-hydroxylation sites is 1. The molecule has 0 spiro atoms. The van der Waals surface area contributed by atoms with Gasteiger partial charge in [-0.3, -0.25) is 9.78 Å². The molecule has 162 valence electrons. The summed E-state index contributed by atoms with van der Waals surface area (Å²) in [6, 6.07) is 18.4. The van der Waals surface area contributed by atoms with Gasteiger partial charge in [-0.1, -0.05) is 54.1 Å². The van der Waals surface area contributed by atoms with Crippen LogP contribution in [0, 0.1) is 6.92 Å². The van der Waals surface area contributed by atoms with Crippen LogP contribution in [0.5, 0.6) is 5.75 Å². The zero-order valence-electron chi connectivity index (χ0n) is 18.7. The quantitative estimate of drug-likeness (QED) is 0.262. The van der Waals surface area contributed by atoms with Crippen molar-refractivity contribution in [3.63, 3.8) is 0 Å². The maximum atomic E-state index is 12.9. The third kappa shape index (κ3) is 3.54. The van der Waals surface area contributed by atoms with Gasteiger partial charge in [0.2, 0.25) is 0 Å². The summed E-state index contributed by atoms with van der Waals surface area (Å²) < 4.78 is 5.91. The Labute approximate surface area is 193 Å². The van der Waals surface area contributed by atoms with Gasteiger partial charge in [0.15, 0.2) is 0 Å². The summed E-state index contributed by atoms with van der Waals surface area (Å²) in [7, 11) is 0. The second kappa shape index (κ2) is 8.00. The topological polar surface area (TPSA) is 39.2 Å². The molecule has 0 fully saturated rings. The third-order valence-electron chi connectivity index (χ3n) is 6.87. The van der Waals surface area contributed by atoms with Crippen molar-refractivity contribution in [1.29, 1.82) is 0 Å². The van der Waals surface area contributed by atoms with Gasteiger partial charge < -0.3 is 4.74 Å². The molecule has 4 aromatic rings. The molecule has 0 N–H and O–H groups in total. The van der Waals surface area contributed by atoms with E-state index in [1.807, 2.05) is 43.5 Å². The SMILES string of the molecule is Cc1cnc2c(CC(=O)Oc3cccc4c5c(ccc34)C3=C(CCC=C3)CC5)cccc2c1. The summed E-state index contributed by atoms with van der Waals surface area (Å²) in [5.41, 5.74) is 8.52. The van der Waals surface area contributed by atoms with E-state index in [9.17, 15) is 4.79 Å². The van der Waals surface area contributed by atoms with Crippen LogP contribution < -0.4 is 4.74 Å². The van der Waals surface area contributed by atoms with E-state index in [-0.39, 0.29) is 12.4 Å². The van der Waals surface area contributed by atoms with Crippen molar-refractivity contribution in [2.24, 2.45) is 0 Å². The highest BCUT2D eigenvalue weighted by atomic mass is 16.5. The molecule has 6 rings (SSSR count). The minimum atomic E-state index is -0.268. The predicted octanol–water partition coefficient (Wildman–Crippen LogP) is 6.89. The highest BCUT2D eigenvalue weighted by molar-refractivity contribution is 5.98. The maximum absolute atomic E-state index is 12.9. The van der Waals surface area contributed by atoms with Gasteiger partial charge in [-0.2, -0.15) is 0 Å². The number of rotatable bonds is 3. The molecule has 0 saturated carbocycles. The fourth-order valence-electron chi connectivity index (χ4n) is 5.32. The number of pyridine rings is 1. The first-order chi connectivity index (χ1) is 16.2. The summed E-state index contributed by atoms with van der Waals surface area (Å²) in [5, 5.41) is 3.23. The van der Waals surface area contributed by atoms with Gasteiger partial charge in [-0.25, -0.2) is 0 Å². The van der Waals surface area contributed by atoms with Gasteiger partial charge in [-0.15, -0.1) is 0 Å². The van der Waals surface area contributed by atoms with Crippen LogP contribution in [0.15, 0.2) is 78.5 Å². The number of allylic oxidation sites excluding steroid dienone is 4. The van der Waals surface area contributed by atoms with Crippen LogP contribution in [-0.4, -0.2) is 11.0 Å². The number of hydrogen-bond donors (Lipinski definition) is 0. The molecule has 1 heterocycles. The Hall–Kier alpha value is -3.72. The van der Waals surface area contributed by atoms with Crippen LogP contribution in [0.1, 0.15) is 41.5 Å². The summed E-state index contributed by atoms with van der Waals surface area (Å²) in [5.74, 6) is 0.360. The number of aryl methyl sites for hydroxylation is 2. The van der Waals surface area contributed by atoms with Gasteiger partial charge in [-0.05, 0) is 84.0 Å². The first-order valence-corrected chi connectivity index (χ1v) is 11.7. The van der Waals surface area contributed by atoms with Crippen LogP contribution in [0.2, 0.25) is 0 Å². The maximum Gasteiger partial charge on any atom is 0.315 e. The van der Waals surface area contributed by atoms with Crippen molar-refractivity contribution >= 4 is 33.2 Å². The Morgan fingerprint density at radius 3 is 2.85 bits per heavy atom. The van der Waals surface area contributed by atoms with Crippen LogP contribution in [0.3, 0.4) is 0 Å². The average Bonchev–Trinajstić information content (AvgIpc) is 2.83. The van der Waals surface area contributed by atoms with Crippen molar-refractivity contribution in [1.82, 2.24) is 4.98 Å². The summed E-state index contributed by atoms with van der Waals surface area (Å²) >= 11 is 0. The van der Waals surface area contributed by atoms with Gasteiger partial charge in [0, 0.05) is 17.0 Å². The monoisotopic (exact) mass is 431 g/mol. The first-order valence-electron chi connectivity index (χ1n) is 11.7. The number of carbonyl (C=O) groups excluding carboxylic acids is 1. The molecule has 0 saturated heterocycles. The van der Waals surface area contributed by atoms with E-state index in [4.69, 9.17) is 4.74 Å². The molecular formula is C30H25NO2. The number of hydrogen-bond acceptors (Lipinski definition) is 3. The molecule has 0 bridgehead atoms. The Morgan fingerprint density at radius 1 is 1.00 bits per heavy atom. The van der Waals surface area contributed by atoms with Gasteiger partial charge in [0.1, 0.15) is 5.75 Å². The minimum Gasteiger partial charge on any atom is -0.426 e. The highest BCUT2D eigenvalue weighted by Gasteiger charge is 2.22. The summed E-state index contributed by atoms with van der Waals surface area (Å²) in [6.07, 6.45) is 11.1. The smallest absolute Gasteiger partial charge is 0.315 e. The number of ether oxygens (including phenoxy) is 1. The summed E-state index contributed by atoms with van der Waals surface area (Å²) in [4.78, 5) is 17.5. The summed E-state index contributed by atoms with van der Waals surface area (Å²) in [6.45, 7) is 2.02. The van der Waals surface area contributed by atoms with Crippen molar-refractivity contribution in [2.75, 3.05) is 0 Å². The highest BCUT2D eigenvalue weighted by Crippen LogP contribution is 2.41. The number of nitrogens with zero attached hydrogens (tertiary/aromatic N) is 1. The lowest BCUT2D eigenvalue weighted by molar-refractivity contribution is -0.133. The molecule has 0 atom stereocenters. The van der Waals surface area contributed by atoms with E-state index >= 15 is 0 Å². The van der Waals surface area contributed by atoms with Gasteiger partial charge in [0.25, 0.3) is 0 Å². The van der Waals surface area contributed by atoms with E-state index in [0.29, 0.717) is 5.75 Å². The number of benzene rings is 3. The molecule has 0 amide bonds. The Morgan fingerprint density at radius 2 is 1.91 bits per heavy atom. The second-order valence-corrected chi connectivity index (χ2v) is 9.05. The van der Waals surface area contributed by atoms with Gasteiger partial charge in [0.05, 0.1) is 11.9 Å². The molecule has 3 nitrogen and oxygen atoms in total. The van der Waals surface area contributed by atoms with Crippen molar-refractivity contribution in [2.45, 2.75) is 39.0 Å². The van der Waals surface area contributed by atoms with E-state index < -0.39 is 0 Å². The number of carbonyl (C=O) groups is 1. The first kappa shape index (κ1) is 19.9. The van der Waals surface area contributed by atoms with E-state index in [1.165, 1.54) is 28.5 Å². The average molecular weight is 432 g/mol. The lowest BCUT2D eigenvalue weighted by Gasteiger charge is -2.25. The van der Waals surface area contributed by atoms with Crippen LogP contribution >= 0.6 is 0 Å². The predicted molar refractivity (Wildman–Crippen MR) is 133 cm³/mol. The van der Waals surface area contributed by atoms with Crippen LogP contribution in [0.4, 0.5) is 0 Å². The fourth-order valence-corrected chi connectivity index (χ4v) is 5.32. The number of aromatic nitrogens is 1. The molecular weight excluding hydrogens is 406 g/mol. The van der Waals surface area contributed by atoms with E-state index in [0.717, 1.165) is 46.7 Å². The van der Waals surface area contributed by atoms with Crippen molar-refractivity contribution in [3.05, 3.63) is 101 Å². The molecule has 2 aliphatic carbocycles. The zero-order valence-corrected chi connectivity index (χ0v) is 18.7. The molecule has 0 aliphatic heterocycles. The molecule has 0 radical (unpaired) electrons. The third-order valence-corrected chi connectivity index (χ3v) is 6.87. The molecule has 3 aromatic carbocycles. The van der Waals surface area contributed by atoms with E-state index in [2.05, 4.69) is 41.4 Å². The Kier molecular flexibility index (Phi) is 4.83. The van der Waals surface area contributed by atoms with Crippen molar-refractivity contribution < 1.29 is 9.53 Å². The zero-order chi connectivity index (χ0) is 22.4. The fraction of sp³-hybridized carbons (Fsp3) is 0.200. The molecule has 0 unspecified atom stereocenters. The number of fused-ring (bicyclic) bond motifs is 5. The minimum absolute atomic E-state index is 0.190. The second-order valence-electron chi connectivity index (χ2n) is 9.05. The molecule has 2 aliphatic rings. The molecule has 1 aromatic heterocycles. The Bertz CT molecular complexity index is 1490. The standard InChI is InChI=1S/C30H25NO2/c1-19-16-21-7-4-8-22(30(21)31-18-19)17-29(32)33-28-11-5-10-24-26-13-12-20-6-2-3-9-23(20)25(26)14-15-27(24)28/h3-5,7-11,14-16,18H,2,6,12-13,17H2,1H3. The van der Waals surface area contributed by atoms with Crippen molar-refractivity contribution in [3.8, 4) is 5.75 Å².